The molecule has 1 atom stereocenters. The van der Waals surface area contributed by atoms with Crippen LogP contribution in [0.5, 0.6) is 0 Å². The summed E-state index contributed by atoms with van der Waals surface area (Å²) in [4.78, 5) is 24.2. The van der Waals surface area contributed by atoms with Crippen molar-refractivity contribution >= 4 is 29.2 Å². The lowest BCUT2D eigenvalue weighted by Crippen LogP contribution is -2.50. The molecule has 1 N–H and O–H groups in total. The van der Waals surface area contributed by atoms with E-state index >= 15 is 0 Å². The molecular weight excluding hydrogens is 339 g/mol. The first-order valence-electron chi connectivity index (χ1n) is 6.49. The van der Waals surface area contributed by atoms with Gasteiger partial charge in [0.2, 0.25) is 5.91 Å². The highest BCUT2D eigenvalue weighted by molar-refractivity contribution is 6.29. The molecule has 0 bridgehead atoms. The minimum atomic E-state index is -5.27. The van der Waals surface area contributed by atoms with E-state index in [1.807, 2.05) is 0 Å². The quantitative estimate of drug-likeness (QED) is 0.651. The second-order valence-electron chi connectivity index (χ2n) is 4.56. The Bertz CT molecular complexity index is 576. The van der Waals surface area contributed by atoms with Crippen LogP contribution < -0.4 is 4.90 Å². The van der Waals surface area contributed by atoms with E-state index in [1.165, 1.54) is 14.0 Å². The van der Waals surface area contributed by atoms with Gasteiger partial charge in [0.25, 0.3) is 5.60 Å². The van der Waals surface area contributed by atoms with Gasteiger partial charge >= 0.3 is 12.1 Å². The fourth-order valence-corrected chi connectivity index (χ4v) is 1.97. The molecule has 0 aliphatic rings. The molecule has 0 aliphatic carbocycles. The van der Waals surface area contributed by atoms with E-state index in [0.717, 1.165) is 29.2 Å². The molecule has 1 aromatic rings. The minimum absolute atomic E-state index is 0.257. The molecule has 1 amide bonds. The molecule has 0 fully saturated rings. The number of halogens is 4. The number of anilines is 1. The molecule has 0 unspecified atom stereocenters. The van der Waals surface area contributed by atoms with Crippen molar-refractivity contribution in [1.82, 2.24) is 0 Å². The SMILES string of the molecule is CCOC(=O)[C@@](O)(c1ccc(N(C)C(=O)CCl)cc1)C(F)(F)F. The van der Waals surface area contributed by atoms with Gasteiger partial charge in [-0.1, -0.05) is 12.1 Å². The van der Waals surface area contributed by atoms with Crippen LogP contribution >= 0.6 is 11.6 Å². The number of carbonyl (C=O) groups excluding carboxylic acids is 2. The van der Waals surface area contributed by atoms with Gasteiger partial charge in [0.15, 0.2) is 0 Å². The van der Waals surface area contributed by atoms with Crippen molar-refractivity contribution in [2.24, 2.45) is 0 Å². The number of hydrogen-bond acceptors (Lipinski definition) is 4. The van der Waals surface area contributed by atoms with E-state index < -0.39 is 29.2 Å². The molecule has 0 heterocycles. The number of esters is 1. The van der Waals surface area contributed by atoms with Crippen LogP contribution in [0.2, 0.25) is 0 Å². The average molecular weight is 354 g/mol. The zero-order valence-electron chi connectivity index (χ0n) is 12.4. The molecule has 9 heteroatoms. The molecule has 0 aromatic heterocycles. The Morgan fingerprint density at radius 2 is 1.78 bits per heavy atom. The summed E-state index contributed by atoms with van der Waals surface area (Å²) < 4.78 is 43.8. The molecule has 1 aromatic carbocycles. The van der Waals surface area contributed by atoms with Gasteiger partial charge in [0.05, 0.1) is 6.61 Å². The van der Waals surface area contributed by atoms with Crippen molar-refractivity contribution in [3.05, 3.63) is 29.8 Å². The molecule has 0 spiro atoms. The van der Waals surface area contributed by atoms with Crippen molar-refractivity contribution in [3.63, 3.8) is 0 Å². The third-order valence-corrected chi connectivity index (χ3v) is 3.37. The van der Waals surface area contributed by atoms with Crippen molar-refractivity contribution in [2.45, 2.75) is 18.7 Å². The molecule has 0 radical (unpaired) electrons. The first-order chi connectivity index (χ1) is 10.6. The number of ether oxygens (including phenoxy) is 1. The summed E-state index contributed by atoms with van der Waals surface area (Å²) in [6.45, 7) is 1.01. The van der Waals surface area contributed by atoms with Crippen LogP contribution in [0.4, 0.5) is 18.9 Å². The second kappa shape index (κ2) is 7.18. The predicted octanol–water partition coefficient (Wildman–Crippen LogP) is 2.20. The first kappa shape index (κ1) is 19.2. The Labute approximate surface area is 135 Å². The van der Waals surface area contributed by atoms with Crippen molar-refractivity contribution in [1.29, 1.82) is 0 Å². The Kier molecular flexibility index (Phi) is 6.01. The molecule has 23 heavy (non-hydrogen) atoms. The molecule has 0 saturated carbocycles. The summed E-state index contributed by atoms with van der Waals surface area (Å²) >= 11 is 5.40. The maximum Gasteiger partial charge on any atom is 0.432 e. The Hall–Kier alpha value is -1.80. The Morgan fingerprint density at radius 3 is 2.17 bits per heavy atom. The number of rotatable bonds is 5. The lowest BCUT2D eigenvalue weighted by molar-refractivity contribution is -0.267. The largest absolute Gasteiger partial charge is 0.463 e. The summed E-state index contributed by atoms with van der Waals surface area (Å²) in [5.74, 6) is -2.57. The highest BCUT2D eigenvalue weighted by Crippen LogP contribution is 2.40. The standard InChI is InChI=1S/C14H15ClF3NO4/c1-3-23-12(21)13(22,14(16,17)18)9-4-6-10(7-5-9)19(2)11(20)8-15/h4-7,22H,3,8H2,1-2H3/t13-/m0/s1. The number of benzene rings is 1. The minimum Gasteiger partial charge on any atom is -0.463 e. The summed E-state index contributed by atoms with van der Waals surface area (Å²) in [5.41, 5.74) is -4.23. The van der Waals surface area contributed by atoms with Gasteiger partial charge in [-0.3, -0.25) is 4.79 Å². The summed E-state index contributed by atoms with van der Waals surface area (Å²) in [5, 5.41) is 9.90. The van der Waals surface area contributed by atoms with Crippen LogP contribution in [0.25, 0.3) is 0 Å². The highest BCUT2D eigenvalue weighted by Gasteiger charge is 2.62. The molecule has 0 saturated heterocycles. The van der Waals surface area contributed by atoms with Crippen LogP contribution in [0.1, 0.15) is 12.5 Å². The Balaban J connectivity index is 3.25. The van der Waals surface area contributed by atoms with E-state index in [0.29, 0.717) is 0 Å². The van der Waals surface area contributed by atoms with Crippen LogP contribution in [-0.4, -0.2) is 42.7 Å². The van der Waals surface area contributed by atoms with Crippen molar-refractivity contribution in [3.8, 4) is 0 Å². The normalized spacial score (nSPS) is 14.0. The number of aliphatic hydroxyl groups is 1. The topological polar surface area (TPSA) is 66.8 Å². The van der Waals surface area contributed by atoms with E-state index in [1.54, 1.807) is 0 Å². The smallest absolute Gasteiger partial charge is 0.432 e. The van der Waals surface area contributed by atoms with Crippen LogP contribution in [-0.2, 0) is 19.9 Å². The lowest BCUT2D eigenvalue weighted by Gasteiger charge is -2.28. The number of amides is 1. The molecule has 5 nitrogen and oxygen atoms in total. The van der Waals surface area contributed by atoms with Gasteiger partial charge in [-0.25, -0.2) is 4.79 Å². The fraction of sp³-hybridized carbons (Fsp3) is 0.429. The highest BCUT2D eigenvalue weighted by atomic mass is 35.5. The molecule has 0 aliphatic heterocycles. The van der Waals surface area contributed by atoms with Crippen molar-refractivity contribution in [2.75, 3.05) is 24.4 Å². The summed E-state index contributed by atoms with van der Waals surface area (Å²) in [6, 6.07) is 4.13. The summed E-state index contributed by atoms with van der Waals surface area (Å²) in [7, 11) is 1.39. The van der Waals surface area contributed by atoms with Crippen LogP contribution in [0.3, 0.4) is 0 Å². The van der Waals surface area contributed by atoms with Crippen LogP contribution in [0.15, 0.2) is 24.3 Å². The number of hydrogen-bond donors (Lipinski definition) is 1. The van der Waals surface area contributed by atoms with E-state index in [9.17, 15) is 27.9 Å². The number of carbonyl (C=O) groups is 2. The van der Waals surface area contributed by atoms with Gasteiger partial charge in [0, 0.05) is 18.3 Å². The first-order valence-corrected chi connectivity index (χ1v) is 7.02. The maximum atomic E-state index is 13.2. The monoisotopic (exact) mass is 353 g/mol. The predicted molar refractivity (Wildman–Crippen MR) is 77.2 cm³/mol. The zero-order chi connectivity index (χ0) is 17.8. The van der Waals surface area contributed by atoms with E-state index in [2.05, 4.69) is 4.74 Å². The maximum absolute atomic E-state index is 13.2. The third-order valence-electron chi connectivity index (χ3n) is 3.14. The zero-order valence-corrected chi connectivity index (χ0v) is 13.1. The van der Waals surface area contributed by atoms with Gasteiger partial charge in [-0.05, 0) is 19.1 Å². The van der Waals surface area contributed by atoms with Gasteiger partial charge in [0.1, 0.15) is 5.88 Å². The third kappa shape index (κ3) is 3.76. The average Bonchev–Trinajstić information content (AvgIpc) is 2.51. The Morgan fingerprint density at radius 1 is 1.26 bits per heavy atom. The molecule has 1 rings (SSSR count). The van der Waals surface area contributed by atoms with Gasteiger partial charge < -0.3 is 14.7 Å². The van der Waals surface area contributed by atoms with Gasteiger partial charge in [-0.2, -0.15) is 13.2 Å². The summed E-state index contributed by atoms with van der Waals surface area (Å²) in [6.07, 6.45) is -5.27. The van der Waals surface area contributed by atoms with Gasteiger partial charge in [-0.15, -0.1) is 11.6 Å². The second-order valence-corrected chi connectivity index (χ2v) is 4.83. The lowest BCUT2D eigenvalue weighted by atomic mass is 9.93. The number of nitrogens with zero attached hydrogens (tertiary/aromatic N) is 1. The number of alkyl halides is 4. The van der Waals surface area contributed by atoms with Crippen molar-refractivity contribution < 1.29 is 32.6 Å². The van der Waals surface area contributed by atoms with Crippen LogP contribution in [0, 0.1) is 0 Å². The van der Waals surface area contributed by atoms with E-state index in [-0.39, 0.29) is 18.2 Å². The molecule has 128 valence electrons. The van der Waals surface area contributed by atoms with E-state index in [4.69, 9.17) is 11.6 Å². The molecular formula is C14H15ClF3NO4. The fourth-order valence-electron chi connectivity index (χ4n) is 1.79.